The monoisotopic (exact) mass is 568 g/mol. The van der Waals surface area contributed by atoms with Gasteiger partial charge in [0.15, 0.2) is 21.7 Å². The van der Waals surface area contributed by atoms with Crippen LogP contribution < -0.4 is 14.2 Å². The standard InChI is InChI=1S/C22H21ClN2O8S2.C2H4/c1-3-15(9-21-24(12-34(26,27)28)17-8-14(2)4-6-19(17)32-21)10-22-25(13-35(29,30)31)18-11-16(23)5-7-20(18)33-22;1-2/h4-11H,3,12-13H2,1-2H3,(H-,26,27,28,29,30,31);1-2H2. The normalized spacial score (nSPS) is 14.9. The lowest BCUT2D eigenvalue weighted by Gasteiger charge is -2.17. The molecule has 0 fully saturated rings. The molecule has 0 radical (unpaired) electrons. The van der Waals surface area contributed by atoms with Crippen molar-refractivity contribution in [2.75, 3.05) is 10.8 Å². The van der Waals surface area contributed by atoms with E-state index in [0.717, 1.165) is 5.56 Å². The summed E-state index contributed by atoms with van der Waals surface area (Å²) in [5, 5.41) is 0.331. The van der Waals surface area contributed by atoms with E-state index in [1.165, 1.54) is 21.6 Å². The van der Waals surface area contributed by atoms with Crippen molar-refractivity contribution >= 4 is 54.7 Å². The summed E-state index contributed by atoms with van der Waals surface area (Å²) in [7, 11) is -9.07. The number of benzene rings is 2. The van der Waals surface area contributed by atoms with Crippen molar-refractivity contribution in [3.05, 3.63) is 83.6 Å². The molecule has 4 rings (SSSR count). The van der Waals surface area contributed by atoms with E-state index < -0.39 is 32.0 Å². The van der Waals surface area contributed by atoms with E-state index in [2.05, 4.69) is 13.2 Å². The smallest absolute Gasteiger partial charge is 0.375 e. The number of oxazole rings is 1. The highest BCUT2D eigenvalue weighted by Crippen LogP contribution is 2.40. The van der Waals surface area contributed by atoms with Crippen molar-refractivity contribution in [2.24, 2.45) is 0 Å². The zero-order chi connectivity index (χ0) is 27.5. The Balaban J connectivity index is 0.00000186. The number of hydrogen-bond donors (Lipinski definition) is 1. The molecule has 0 aliphatic carbocycles. The van der Waals surface area contributed by atoms with Crippen LogP contribution in [0.3, 0.4) is 0 Å². The van der Waals surface area contributed by atoms with E-state index in [9.17, 15) is 25.9 Å². The van der Waals surface area contributed by atoms with Crippen LogP contribution in [-0.2, 0) is 26.1 Å². The molecule has 0 saturated heterocycles. The molecule has 13 heteroatoms. The van der Waals surface area contributed by atoms with Crippen LogP contribution in [0.25, 0.3) is 17.2 Å². The Morgan fingerprint density at radius 3 is 2.51 bits per heavy atom. The maximum absolute atomic E-state index is 11.7. The average molecular weight is 569 g/mol. The van der Waals surface area contributed by atoms with Gasteiger partial charge in [-0.1, -0.05) is 24.6 Å². The molecule has 37 heavy (non-hydrogen) atoms. The van der Waals surface area contributed by atoms with Gasteiger partial charge in [-0.2, -0.15) is 8.42 Å². The molecule has 0 bridgehead atoms. The van der Waals surface area contributed by atoms with E-state index in [1.807, 2.05) is 13.8 Å². The number of aromatic nitrogens is 1. The number of allylic oxidation sites excluding steroid dienone is 2. The fraction of sp³-hybridized carbons (Fsp3) is 0.208. The van der Waals surface area contributed by atoms with Crippen LogP contribution in [0.15, 0.2) is 71.5 Å². The summed E-state index contributed by atoms with van der Waals surface area (Å²) in [6.45, 7) is 9.65. The third kappa shape index (κ3) is 6.99. The van der Waals surface area contributed by atoms with Gasteiger partial charge in [-0.15, -0.1) is 17.7 Å². The van der Waals surface area contributed by atoms with Crippen molar-refractivity contribution < 1.29 is 39.7 Å². The zero-order valence-corrected chi connectivity index (χ0v) is 22.4. The second-order valence-corrected chi connectivity index (χ2v) is 11.2. The fourth-order valence-electron chi connectivity index (χ4n) is 3.65. The SMILES string of the molecule is C=C.CCC(=Cc1oc2ccc(Cl)cc2[n+]1CS(=O)(=O)[O-])C=C1Oc2ccc(C)cc2N1CS(=O)(=O)O. The van der Waals surface area contributed by atoms with Gasteiger partial charge in [0.25, 0.3) is 15.6 Å². The van der Waals surface area contributed by atoms with Crippen LogP contribution in [0.1, 0.15) is 24.8 Å². The van der Waals surface area contributed by atoms with Crippen LogP contribution in [-0.4, -0.2) is 31.8 Å². The number of nitrogens with zero attached hydrogens (tertiary/aromatic N) is 2. The highest BCUT2D eigenvalue weighted by Gasteiger charge is 2.30. The number of aryl methyl sites for hydroxylation is 1. The quantitative estimate of drug-likeness (QED) is 0.250. The first kappa shape index (κ1) is 28.4. The third-order valence-corrected chi connectivity index (χ3v) is 6.58. The van der Waals surface area contributed by atoms with Crippen molar-refractivity contribution in [3.63, 3.8) is 0 Å². The first-order valence-corrected chi connectivity index (χ1v) is 14.4. The number of ether oxygens (including phenoxy) is 1. The minimum Gasteiger partial charge on any atom is -0.743 e. The van der Waals surface area contributed by atoms with Crippen molar-refractivity contribution in [1.29, 1.82) is 0 Å². The maximum atomic E-state index is 11.7. The van der Waals surface area contributed by atoms with Crippen LogP contribution in [0, 0.1) is 6.92 Å². The van der Waals surface area contributed by atoms with Gasteiger partial charge >= 0.3 is 5.89 Å². The zero-order valence-electron chi connectivity index (χ0n) is 20.0. The van der Waals surface area contributed by atoms with Crippen LogP contribution in [0.5, 0.6) is 5.75 Å². The predicted octanol–water partition coefficient (Wildman–Crippen LogP) is 4.37. The predicted molar refractivity (Wildman–Crippen MR) is 139 cm³/mol. The summed E-state index contributed by atoms with van der Waals surface area (Å²) in [4.78, 5) is 1.32. The molecule has 2 aromatic carbocycles. The molecule has 0 atom stereocenters. The number of anilines is 1. The number of halogens is 1. The van der Waals surface area contributed by atoms with Gasteiger partial charge in [0.2, 0.25) is 17.3 Å². The molecular weight excluding hydrogens is 544 g/mol. The maximum Gasteiger partial charge on any atom is 0.375 e. The molecule has 0 unspecified atom stereocenters. The summed E-state index contributed by atoms with van der Waals surface area (Å²) in [5.74, 6) is -0.993. The molecule has 3 aromatic rings. The Kier molecular flexibility index (Phi) is 8.50. The molecule has 0 amide bonds. The lowest BCUT2D eigenvalue weighted by molar-refractivity contribution is -0.658. The van der Waals surface area contributed by atoms with Gasteiger partial charge in [0.05, 0.1) is 11.8 Å². The Morgan fingerprint density at radius 1 is 1.19 bits per heavy atom. The van der Waals surface area contributed by atoms with E-state index in [0.29, 0.717) is 39.6 Å². The molecule has 1 aromatic heterocycles. The Labute approximate surface area is 220 Å². The van der Waals surface area contributed by atoms with Gasteiger partial charge in [0.1, 0.15) is 0 Å². The number of hydrogen-bond acceptors (Lipinski definition) is 8. The van der Waals surface area contributed by atoms with E-state index in [1.54, 1.807) is 36.4 Å². The first-order chi connectivity index (χ1) is 17.3. The highest BCUT2D eigenvalue weighted by atomic mass is 35.5. The molecule has 198 valence electrons. The third-order valence-electron chi connectivity index (χ3n) is 5.18. The highest BCUT2D eigenvalue weighted by molar-refractivity contribution is 7.85. The molecule has 1 aliphatic heterocycles. The van der Waals surface area contributed by atoms with Crippen LogP contribution in [0.2, 0.25) is 5.02 Å². The summed E-state index contributed by atoms with van der Waals surface area (Å²) in [5.41, 5.74) is 2.53. The molecule has 0 saturated carbocycles. The minimum absolute atomic E-state index is 0.0723. The lowest BCUT2D eigenvalue weighted by Crippen LogP contribution is -2.39. The minimum atomic E-state index is -4.67. The second kappa shape index (κ2) is 11.1. The molecule has 1 aliphatic rings. The Hall–Kier alpha value is -3.16. The topological polar surface area (TPSA) is 141 Å². The van der Waals surface area contributed by atoms with Gasteiger partial charge < -0.3 is 13.7 Å². The summed E-state index contributed by atoms with van der Waals surface area (Å²) in [6, 6.07) is 9.83. The van der Waals surface area contributed by atoms with Gasteiger partial charge in [0, 0.05) is 17.2 Å². The molecule has 0 spiro atoms. The first-order valence-electron chi connectivity index (χ1n) is 10.8. The van der Waals surface area contributed by atoms with E-state index in [-0.39, 0.29) is 11.8 Å². The Bertz CT molecular complexity index is 1610. The largest absolute Gasteiger partial charge is 0.743 e. The van der Waals surface area contributed by atoms with Gasteiger partial charge in [-0.3, -0.25) is 9.45 Å². The van der Waals surface area contributed by atoms with E-state index >= 15 is 0 Å². The van der Waals surface area contributed by atoms with Gasteiger partial charge in [-0.25, -0.2) is 8.42 Å². The van der Waals surface area contributed by atoms with E-state index in [4.69, 9.17) is 20.8 Å². The molecule has 2 heterocycles. The summed E-state index contributed by atoms with van der Waals surface area (Å²) < 4.78 is 80.3. The lowest BCUT2D eigenvalue weighted by atomic mass is 10.2. The Morgan fingerprint density at radius 2 is 1.89 bits per heavy atom. The summed E-state index contributed by atoms with van der Waals surface area (Å²) in [6.07, 6.45) is 3.48. The van der Waals surface area contributed by atoms with Crippen LogP contribution in [0.4, 0.5) is 5.69 Å². The van der Waals surface area contributed by atoms with Crippen LogP contribution >= 0.6 is 11.6 Å². The second-order valence-electron chi connectivity index (χ2n) is 7.93. The number of fused-ring (bicyclic) bond motifs is 2. The average Bonchev–Trinajstić information content (AvgIpc) is 3.29. The van der Waals surface area contributed by atoms with Crippen molar-refractivity contribution in [1.82, 2.24) is 0 Å². The van der Waals surface area contributed by atoms with Crippen molar-refractivity contribution in [2.45, 2.75) is 26.1 Å². The molecular formula is C24H25ClN2O8S2. The number of rotatable bonds is 7. The molecule has 1 N–H and O–H groups in total. The summed E-state index contributed by atoms with van der Waals surface area (Å²) >= 11 is 6.04. The van der Waals surface area contributed by atoms with Gasteiger partial charge in [-0.05, 0) is 48.7 Å². The molecule has 10 nitrogen and oxygen atoms in total. The van der Waals surface area contributed by atoms with Crippen molar-refractivity contribution in [3.8, 4) is 5.75 Å². The fourth-order valence-corrected chi connectivity index (χ4v) is 4.99.